The molecule has 7 nitrogen and oxygen atoms in total. The molecule has 0 saturated heterocycles. The molecule has 0 aromatic carbocycles. The predicted octanol–water partition coefficient (Wildman–Crippen LogP) is 1.21. The van der Waals surface area contributed by atoms with Gasteiger partial charge in [0.1, 0.15) is 16.5 Å². The average molecular weight is 296 g/mol. The molecule has 8 heteroatoms. The lowest BCUT2D eigenvalue weighted by Crippen LogP contribution is -2.23. The van der Waals surface area contributed by atoms with Gasteiger partial charge in [-0.3, -0.25) is 0 Å². The third-order valence-corrected chi connectivity index (χ3v) is 4.31. The van der Waals surface area contributed by atoms with E-state index in [1.54, 1.807) is 27.0 Å². The van der Waals surface area contributed by atoms with Crippen molar-refractivity contribution in [3.05, 3.63) is 35.3 Å². The number of nitrogens with one attached hydrogen (secondary N) is 2. The van der Waals surface area contributed by atoms with Crippen LogP contribution in [0.15, 0.2) is 27.7 Å². The molecule has 0 aliphatic rings. The summed E-state index contributed by atoms with van der Waals surface area (Å²) in [4.78, 5) is 4.10. The van der Waals surface area contributed by atoms with Crippen molar-refractivity contribution in [1.82, 2.24) is 14.9 Å². The highest BCUT2D eigenvalue weighted by Crippen LogP contribution is 2.14. The summed E-state index contributed by atoms with van der Waals surface area (Å²) in [6.45, 7) is 3.65. The summed E-state index contributed by atoms with van der Waals surface area (Å²) < 4.78 is 31.8. The molecular weight excluding hydrogens is 280 g/mol. The molecule has 0 spiro atoms. The molecule has 0 bridgehead atoms. The van der Waals surface area contributed by atoms with Crippen LogP contribution in [0.3, 0.4) is 0 Å². The number of aryl methyl sites for hydroxylation is 2. The largest absolute Gasteiger partial charge is 0.373 e. The number of anilines is 1. The molecule has 0 fully saturated rings. The molecule has 2 aromatic rings. The Labute approximate surface area is 117 Å². The van der Waals surface area contributed by atoms with Gasteiger partial charge in [0.05, 0.1) is 5.69 Å². The molecule has 0 aliphatic carbocycles. The second kappa shape index (κ2) is 5.59. The van der Waals surface area contributed by atoms with E-state index < -0.39 is 10.0 Å². The molecule has 0 saturated carbocycles. The highest BCUT2D eigenvalue weighted by atomic mass is 32.2. The summed E-state index contributed by atoms with van der Waals surface area (Å²) >= 11 is 0. The van der Waals surface area contributed by atoms with E-state index in [1.165, 1.54) is 12.3 Å². The lowest BCUT2D eigenvalue weighted by atomic mass is 10.2. The lowest BCUT2D eigenvalue weighted by Gasteiger charge is -2.07. The summed E-state index contributed by atoms with van der Waals surface area (Å²) in [6.07, 6.45) is 1.31. The summed E-state index contributed by atoms with van der Waals surface area (Å²) in [6, 6.07) is 3.10. The van der Waals surface area contributed by atoms with Gasteiger partial charge in [0, 0.05) is 25.4 Å². The van der Waals surface area contributed by atoms with E-state index in [0.29, 0.717) is 17.3 Å². The molecule has 2 heterocycles. The van der Waals surface area contributed by atoms with Crippen molar-refractivity contribution in [3.8, 4) is 0 Å². The maximum atomic E-state index is 12.1. The van der Waals surface area contributed by atoms with E-state index in [9.17, 15) is 8.42 Å². The minimum absolute atomic E-state index is 0.114. The fourth-order valence-corrected chi connectivity index (χ4v) is 2.63. The normalized spacial score (nSPS) is 11.6. The van der Waals surface area contributed by atoms with Crippen LogP contribution in [0, 0.1) is 13.8 Å². The van der Waals surface area contributed by atoms with Gasteiger partial charge in [-0.05, 0) is 26.0 Å². The Kier molecular flexibility index (Phi) is 4.05. The average Bonchev–Trinajstić information content (AvgIpc) is 2.76. The Morgan fingerprint density at radius 1 is 1.30 bits per heavy atom. The minimum Gasteiger partial charge on any atom is -0.373 e. The zero-order chi connectivity index (χ0) is 14.8. The zero-order valence-electron chi connectivity index (χ0n) is 11.5. The maximum Gasteiger partial charge on any atom is 0.242 e. The number of hydrogen-bond acceptors (Lipinski definition) is 6. The molecule has 0 atom stereocenters. The third-order valence-electron chi connectivity index (χ3n) is 2.92. The van der Waals surface area contributed by atoms with Gasteiger partial charge in [0.25, 0.3) is 0 Å². The van der Waals surface area contributed by atoms with Gasteiger partial charge in [0.2, 0.25) is 10.0 Å². The molecule has 0 aliphatic heterocycles. The number of hydrogen-bond donors (Lipinski definition) is 2. The van der Waals surface area contributed by atoms with Crippen LogP contribution in [0.5, 0.6) is 0 Å². The quantitative estimate of drug-likeness (QED) is 0.860. The maximum absolute atomic E-state index is 12.1. The van der Waals surface area contributed by atoms with E-state index >= 15 is 0 Å². The van der Waals surface area contributed by atoms with Crippen molar-refractivity contribution in [2.24, 2.45) is 0 Å². The molecule has 2 N–H and O–H groups in total. The molecule has 20 heavy (non-hydrogen) atoms. The van der Waals surface area contributed by atoms with Gasteiger partial charge in [-0.25, -0.2) is 18.1 Å². The molecule has 2 rings (SSSR count). The second-order valence-corrected chi connectivity index (χ2v) is 6.02. The zero-order valence-corrected chi connectivity index (χ0v) is 12.3. The standard InChI is InChI=1S/C12H16N4O3S/c1-8-11(9(2)19-16-8)7-15-20(17,18)10-4-5-12(13-3)14-6-10/h4-6,15H,7H2,1-3H3,(H,13,14). The van der Waals surface area contributed by atoms with Crippen molar-refractivity contribution in [1.29, 1.82) is 0 Å². The van der Waals surface area contributed by atoms with Crippen molar-refractivity contribution in [3.63, 3.8) is 0 Å². The van der Waals surface area contributed by atoms with Crippen LogP contribution < -0.4 is 10.0 Å². The summed E-state index contributed by atoms with van der Waals surface area (Å²) in [5.74, 6) is 1.21. The van der Waals surface area contributed by atoms with Crippen LogP contribution in [-0.4, -0.2) is 25.6 Å². The first-order valence-electron chi connectivity index (χ1n) is 5.99. The Bertz CT molecular complexity index is 672. The monoisotopic (exact) mass is 296 g/mol. The first-order chi connectivity index (χ1) is 9.44. The van der Waals surface area contributed by atoms with Crippen molar-refractivity contribution in [2.45, 2.75) is 25.3 Å². The Morgan fingerprint density at radius 2 is 2.05 bits per heavy atom. The van der Waals surface area contributed by atoms with Gasteiger partial charge in [0.15, 0.2) is 0 Å². The lowest BCUT2D eigenvalue weighted by molar-refractivity contribution is 0.392. The summed E-state index contributed by atoms with van der Waals surface area (Å²) in [7, 11) is -1.89. The fraction of sp³-hybridized carbons (Fsp3) is 0.333. The molecule has 0 unspecified atom stereocenters. The van der Waals surface area contributed by atoms with Gasteiger partial charge in [-0.15, -0.1) is 0 Å². The Hall–Kier alpha value is -1.93. The fourth-order valence-electron chi connectivity index (χ4n) is 1.69. The predicted molar refractivity (Wildman–Crippen MR) is 73.8 cm³/mol. The van der Waals surface area contributed by atoms with E-state index in [-0.39, 0.29) is 11.4 Å². The van der Waals surface area contributed by atoms with Crippen LogP contribution in [0.4, 0.5) is 5.82 Å². The number of aromatic nitrogens is 2. The molecule has 0 radical (unpaired) electrons. The highest BCUT2D eigenvalue weighted by Gasteiger charge is 2.17. The van der Waals surface area contributed by atoms with Crippen LogP contribution in [0.2, 0.25) is 0 Å². The summed E-state index contributed by atoms with van der Waals surface area (Å²) in [5, 5.41) is 6.61. The number of pyridine rings is 1. The number of nitrogens with zero attached hydrogens (tertiary/aromatic N) is 2. The van der Waals surface area contributed by atoms with Crippen molar-refractivity contribution < 1.29 is 12.9 Å². The van der Waals surface area contributed by atoms with E-state index in [4.69, 9.17) is 4.52 Å². The first kappa shape index (κ1) is 14.5. The van der Waals surface area contributed by atoms with Gasteiger partial charge >= 0.3 is 0 Å². The molecule has 0 amide bonds. The minimum atomic E-state index is -3.60. The highest BCUT2D eigenvalue weighted by molar-refractivity contribution is 7.89. The topological polar surface area (TPSA) is 97.1 Å². The number of rotatable bonds is 5. The Morgan fingerprint density at radius 3 is 2.55 bits per heavy atom. The SMILES string of the molecule is CNc1ccc(S(=O)(=O)NCc2c(C)noc2C)cn1. The van der Waals surface area contributed by atoms with Crippen LogP contribution in [-0.2, 0) is 16.6 Å². The first-order valence-corrected chi connectivity index (χ1v) is 7.47. The summed E-state index contributed by atoms with van der Waals surface area (Å²) in [5.41, 5.74) is 1.42. The van der Waals surface area contributed by atoms with Crippen LogP contribution in [0.25, 0.3) is 0 Å². The van der Waals surface area contributed by atoms with Gasteiger partial charge < -0.3 is 9.84 Å². The van der Waals surface area contributed by atoms with E-state index in [0.717, 1.165) is 5.56 Å². The van der Waals surface area contributed by atoms with Crippen LogP contribution >= 0.6 is 0 Å². The second-order valence-electron chi connectivity index (χ2n) is 4.26. The Balaban J connectivity index is 2.15. The van der Waals surface area contributed by atoms with E-state index in [2.05, 4.69) is 20.2 Å². The van der Waals surface area contributed by atoms with Crippen LogP contribution in [0.1, 0.15) is 17.0 Å². The molecular formula is C12H16N4O3S. The number of sulfonamides is 1. The van der Waals surface area contributed by atoms with Crippen molar-refractivity contribution in [2.75, 3.05) is 12.4 Å². The molecule has 2 aromatic heterocycles. The van der Waals surface area contributed by atoms with E-state index in [1.807, 2.05) is 0 Å². The van der Waals surface area contributed by atoms with Gasteiger partial charge in [-0.2, -0.15) is 0 Å². The molecule has 108 valence electrons. The van der Waals surface area contributed by atoms with Crippen molar-refractivity contribution >= 4 is 15.8 Å². The smallest absolute Gasteiger partial charge is 0.242 e. The van der Waals surface area contributed by atoms with Gasteiger partial charge in [-0.1, -0.05) is 5.16 Å². The third kappa shape index (κ3) is 2.97.